The molecule has 3 N–H and O–H groups in total. The first kappa shape index (κ1) is 11.8. The monoisotopic (exact) mass is 249 g/mol. The summed E-state index contributed by atoms with van der Waals surface area (Å²) in [6.45, 7) is 1.46. The maximum absolute atomic E-state index is 10.6. The minimum atomic E-state index is -0.650. The van der Waals surface area contributed by atoms with Crippen LogP contribution in [-0.4, -0.2) is 35.3 Å². The third-order valence-electron chi connectivity index (χ3n) is 2.25. The van der Waals surface area contributed by atoms with Crippen LogP contribution in [0.3, 0.4) is 0 Å². The molecule has 8 nitrogen and oxygen atoms in total. The third kappa shape index (κ3) is 2.73. The quantitative estimate of drug-likeness (QED) is 0.402. The first-order valence-electron chi connectivity index (χ1n) is 5.21. The number of hydrogen-bond donors (Lipinski definition) is 3. The number of nitrogens with zero attached hydrogens (tertiary/aromatic N) is 3. The molecule has 0 amide bonds. The zero-order valence-corrected chi connectivity index (χ0v) is 9.33. The second-order valence-corrected chi connectivity index (χ2v) is 3.53. The van der Waals surface area contributed by atoms with Crippen LogP contribution in [0.5, 0.6) is 5.75 Å². The maximum Gasteiger partial charge on any atom is 0.311 e. The SMILES string of the molecule is O=[N+]([O-])c1cc(/C=N/NC2=NCCN2)ccc1O. The molecule has 0 saturated carbocycles. The van der Waals surface area contributed by atoms with Gasteiger partial charge in [-0.1, -0.05) is 0 Å². The molecule has 0 fully saturated rings. The fraction of sp³-hybridized carbons (Fsp3) is 0.200. The van der Waals surface area contributed by atoms with Crippen LogP contribution in [0.1, 0.15) is 5.56 Å². The van der Waals surface area contributed by atoms with E-state index >= 15 is 0 Å². The van der Waals surface area contributed by atoms with Gasteiger partial charge in [0.05, 0.1) is 17.7 Å². The van der Waals surface area contributed by atoms with Gasteiger partial charge in [-0.3, -0.25) is 10.1 Å². The van der Waals surface area contributed by atoms with Crippen molar-refractivity contribution in [1.82, 2.24) is 10.7 Å². The van der Waals surface area contributed by atoms with Crippen LogP contribution in [0.4, 0.5) is 5.69 Å². The van der Waals surface area contributed by atoms with Crippen molar-refractivity contribution in [3.8, 4) is 5.75 Å². The fourth-order valence-electron chi connectivity index (χ4n) is 1.41. The number of hydrogen-bond acceptors (Lipinski definition) is 7. The van der Waals surface area contributed by atoms with Crippen LogP contribution in [-0.2, 0) is 0 Å². The van der Waals surface area contributed by atoms with Crippen LogP contribution in [0, 0.1) is 10.1 Å². The van der Waals surface area contributed by atoms with Crippen LogP contribution >= 0.6 is 0 Å². The molecule has 2 rings (SSSR count). The molecule has 0 radical (unpaired) electrons. The minimum absolute atomic E-state index is 0.352. The highest BCUT2D eigenvalue weighted by atomic mass is 16.6. The topological polar surface area (TPSA) is 112 Å². The molecule has 1 aromatic rings. The summed E-state index contributed by atoms with van der Waals surface area (Å²) in [5.74, 6) is 0.200. The van der Waals surface area contributed by atoms with E-state index < -0.39 is 4.92 Å². The maximum atomic E-state index is 10.6. The summed E-state index contributed by atoms with van der Waals surface area (Å²) in [7, 11) is 0. The van der Waals surface area contributed by atoms with Crippen molar-refractivity contribution in [1.29, 1.82) is 0 Å². The van der Waals surface area contributed by atoms with Crippen molar-refractivity contribution < 1.29 is 10.0 Å². The van der Waals surface area contributed by atoms with E-state index in [2.05, 4.69) is 20.8 Å². The lowest BCUT2D eigenvalue weighted by Crippen LogP contribution is -2.30. The van der Waals surface area contributed by atoms with E-state index in [1.54, 1.807) is 0 Å². The molecule has 1 aliphatic rings. The largest absolute Gasteiger partial charge is 0.502 e. The van der Waals surface area contributed by atoms with Crippen LogP contribution in [0.25, 0.3) is 0 Å². The van der Waals surface area contributed by atoms with Crippen molar-refractivity contribution in [2.45, 2.75) is 0 Å². The van der Waals surface area contributed by atoms with Crippen molar-refractivity contribution >= 4 is 17.9 Å². The van der Waals surface area contributed by atoms with E-state index in [1.165, 1.54) is 24.4 Å². The number of guanidine groups is 1. The van der Waals surface area contributed by atoms with E-state index in [4.69, 9.17) is 0 Å². The molecular formula is C10H11N5O3. The number of nitrogens with one attached hydrogen (secondary N) is 2. The molecule has 0 saturated heterocycles. The molecule has 0 spiro atoms. The normalized spacial score (nSPS) is 14.3. The summed E-state index contributed by atoms with van der Waals surface area (Å²) in [6.07, 6.45) is 1.41. The van der Waals surface area contributed by atoms with Gasteiger partial charge in [0.15, 0.2) is 5.75 Å². The molecule has 0 bridgehead atoms. The Morgan fingerprint density at radius 2 is 2.44 bits per heavy atom. The molecule has 94 valence electrons. The zero-order valence-electron chi connectivity index (χ0n) is 9.33. The van der Waals surface area contributed by atoms with Gasteiger partial charge in [-0.15, -0.1) is 0 Å². The van der Waals surface area contributed by atoms with Crippen molar-refractivity contribution in [2.75, 3.05) is 13.1 Å². The Morgan fingerprint density at radius 3 is 3.11 bits per heavy atom. The van der Waals surface area contributed by atoms with Crippen molar-refractivity contribution in [3.63, 3.8) is 0 Å². The second kappa shape index (κ2) is 5.13. The van der Waals surface area contributed by atoms with E-state index in [-0.39, 0.29) is 11.4 Å². The van der Waals surface area contributed by atoms with E-state index in [1.807, 2.05) is 0 Å². The molecule has 1 aromatic carbocycles. The lowest BCUT2D eigenvalue weighted by Gasteiger charge is -2.00. The Balaban J connectivity index is 2.07. The Kier molecular flexibility index (Phi) is 3.37. The van der Waals surface area contributed by atoms with Gasteiger partial charge < -0.3 is 10.4 Å². The van der Waals surface area contributed by atoms with Gasteiger partial charge in [0.2, 0.25) is 5.96 Å². The van der Waals surface area contributed by atoms with Gasteiger partial charge >= 0.3 is 5.69 Å². The summed E-state index contributed by atoms with van der Waals surface area (Å²) in [4.78, 5) is 14.0. The number of nitro groups is 1. The first-order chi connectivity index (χ1) is 8.66. The summed E-state index contributed by atoms with van der Waals surface area (Å²) in [6, 6.07) is 4.02. The number of nitro benzene ring substituents is 1. The fourth-order valence-corrected chi connectivity index (χ4v) is 1.41. The Bertz CT molecular complexity index is 526. The average Bonchev–Trinajstić information content (AvgIpc) is 2.84. The van der Waals surface area contributed by atoms with Gasteiger partial charge in [0.1, 0.15) is 0 Å². The third-order valence-corrected chi connectivity index (χ3v) is 2.25. The number of hydrazone groups is 1. The van der Waals surface area contributed by atoms with Gasteiger partial charge in [-0.2, -0.15) is 5.10 Å². The van der Waals surface area contributed by atoms with Crippen molar-refractivity contribution in [3.05, 3.63) is 33.9 Å². The summed E-state index contributed by atoms with van der Waals surface area (Å²) >= 11 is 0. The summed E-state index contributed by atoms with van der Waals surface area (Å²) in [5.41, 5.74) is 2.82. The average molecular weight is 249 g/mol. The predicted octanol–water partition coefficient (Wildman–Crippen LogP) is 0.183. The molecule has 1 aliphatic heterocycles. The van der Waals surface area contributed by atoms with Crippen LogP contribution < -0.4 is 10.7 Å². The van der Waals surface area contributed by atoms with Gasteiger partial charge in [0, 0.05) is 18.2 Å². The number of phenols is 1. The van der Waals surface area contributed by atoms with Gasteiger partial charge in [0.25, 0.3) is 0 Å². The first-order valence-corrected chi connectivity index (χ1v) is 5.21. The van der Waals surface area contributed by atoms with E-state index in [9.17, 15) is 15.2 Å². The molecule has 0 unspecified atom stereocenters. The Morgan fingerprint density at radius 1 is 1.61 bits per heavy atom. The molecule has 8 heteroatoms. The van der Waals surface area contributed by atoms with Crippen LogP contribution in [0.15, 0.2) is 28.3 Å². The van der Waals surface area contributed by atoms with Gasteiger partial charge in [-0.25, -0.2) is 10.4 Å². The highest BCUT2D eigenvalue weighted by Gasteiger charge is 2.12. The van der Waals surface area contributed by atoms with E-state index in [0.717, 1.165) is 6.54 Å². The summed E-state index contributed by atoms with van der Waals surface area (Å²) < 4.78 is 0. The number of rotatable bonds is 3. The van der Waals surface area contributed by atoms with E-state index in [0.29, 0.717) is 18.1 Å². The number of benzene rings is 1. The van der Waals surface area contributed by atoms with Crippen molar-refractivity contribution in [2.24, 2.45) is 10.1 Å². The molecule has 0 aliphatic carbocycles. The number of phenolic OH excluding ortho intramolecular Hbond substituents is 1. The van der Waals surface area contributed by atoms with Gasteiger partial charge in [-0.05, 0) is 12.1 Å². The molecule has 1 heterocycles. The molecule has 0 atom stereocenters. The zero-order chi connectivity index (χ0) is 13.0. The lowest BCUT2D eigenvalue weighted by molar-refractivity contribution is -0.385. The Hall–Kier alpha value is -2.64. The molecule has 0 aromatic heterocycles. The standard InChI is InChI=1S/C10H11N5O3/c16-9-2-1-7(5-8(9)15(17)18)6-13-14-10-11-3-4-12-10/h1-2,5-6,16H,3-4H2,(H2,11,12,14)/b13-6+. The predicted molar refractivity (Wildman–Crippen MR) is 65.8 cm³/mol. The van der Waals surface area contributed by atoms with Crippen LogP contribution in [0.2, 0.25) is 0 Å². The minimum Gasteiger partial charge on any atom is -0.502 e. The Labute approximate surface area is 102 Å². The highest BCUT2D eigenvalue weighted by Crippen LogP contribution is 2.25. The lowest BCUT2D eigenvalue weighted by atomic mass is 10.2. The molecular weight excluding hydrogens is 238 g/mol. The second-order valence-electron chi connectivity index (χ2n) is 3.53. The molecule has 18 heavy (non-hydrogen) atoms. The number of aliphatic imine (C=N–C) groups is 1. The number of aromatic hydroxyl groups is 1. The highest BCUT2D eigenvalue weighted by molar-refractivity contribution is 5.85. The summed E-state index contributed by atoms with van der Waals surface area (Å²) in [5, 5.41) is 26.7. The smallest absolute Gasteiger partial charge is 0.311 e.